The fourth-order valence-electron chi connectivity index (χ4n) is 3.28. The summed E-state index contributed by atoms with van der Waals surface area (Å²) >= 11 is 0. The smallest absolute Gasteiger partial charge is 0.184 e. The van der Waals surface area contributed by atoms with Crippen LogP contribution in [-0.2, 0) is 4.74 Å². The van der Waals surface area contributed by atoms with Crippen LogP contribution in [0.4, 0.5) is 4.39 Å². The quantitative estimate of drug-likeness (QED) is 0.924. The predicted octanol–water partition coefficient (Wildman–Crippen LogP) is 2.55. The molecule has 124 valence electrons. The second-order valence-electron chi connectivity index (χ2n) is 6.21. The van der Waals surface area contributed by atoms with Crippen LogP contribution in [0.1, 0.15) is 44.1 Å². The van der Waals surface area contributed by atoms with E-state index in [1.54, 1.807) is 0 Å². The summed E-state index contributed by atoms with van der Waals surface area (Å²) in [6.45, 7) is 2.06. The predicted molar refractivity (Wildman–Crippen MR) is 82.6 cm³/mol. The molecule has 0 unspecified atom stereocenters. The Labute approximate surface area is 135 Å². The number of rotatable bonds is 4. The summed E-state index contributed by atoms with van der Waals surface area (Å²) in [4.78, 5) is 3.68. The van der Waals surface area contributed by atoms with E-state index in [2.05, 4.69) is 10.3 Å². The number of aromatic nitrogens is 1. The maximum Gasteiger partial charge on any atom is 0.184 e. The van der Waals surface area contributed by atoms with Crippen LogP contribution >= 0.6 is 0 Å². The Kier molecular flexibility index (Phi) is 5.42. The number of pyridine rings is 1. The molecule has 1 aliphatic heterocycles. The van der Waals surface area contributed by atoms with Gasteiger partial charge in [-0.25, -0.2) is 4.39 Å². The molecule has 6 heteroatoms. The maximum absolute atomic E-state index is 13.8. The van der Waals surface area contributed by atoms with Crippen LogP contribution in [0.3, 0.4) is 0 Å². The van der Waals surface area contributed by atoms with E-state index in [0.29, 0.717) is 6.10 Å². The SMILES string of the molecule is N#Cc1cncc(F)c1OC1CCC(OC2CCNCC2)CC1. The van der Waals surface area contributed by atoms with Crippen molar-refractivity contribution >= 4 is 0 Å². The van der Waals surface area contributed by atoms with Crippen molar-refractivity contribution in [2.24, 2.45) is 0 Å². The fourth-order valence-corrected chi connectivity index (χ4v) is 3.28. The van der Waals surface area contributed by atoms with Gasteiger partial charge >= 0.3 is 0 Å². The van der Waals surface area contributed by atoms with Gasteiger partial charge in [0.05, 0.1) is 24.5 Å². The van der Waals surface area contributed by atoms with Crippen molar-refractivity contribution in [2.45, 2.75) is 56.8 Å². The van der Waals surface area contributed by atoms with E-state index in [4.69, 9.17) is 14.7 Å². The van der Waals surface area contributed by atoms with Gasteiger partial charge in [-0.1, -0.05) is 0 Å². The molecule has 1 N–H and O–H groups in total. The summed E-state index contributed by atoms with van der Waals surface area (Å²) in [5.74, 6) is -0.539. The highest BCUT2D eigenvalue weighted by Crippen LogP contribution is 2.29. The van der Waals surface area contributed by atoms with Crippen molar-refractivity contribution in [2.75, 3.05) is 13.1 Å². The molecule has 1 aliphatic carbocycles. The zero-order chi connectivity index (χ0) is 16.1. The first-order valence-corrected chi connectivity index (χ1v) is 8.32. The van der Waals surface area contributed by atoms with Gasteiger partial charge in [0.1, 0.15) is 11.6 Å². The molecule has 3 rings (SSSR count). The standard InChI is InChI=1S/C17H22FN3O2/c18-16-11-21-10-12(9-19)17(16)23-14-3-1-13(2-4-14)22-15-5-7-20-8-6-15/h10-11,13-15,20H,1-8H2. The number of ether oxygens (including phenoxy) is 2. The van der Waals surface area contributed by atoms with E-state index in [9.17, 15) is 4.39 Å². The average Bonchev–Trinajstić information content (AvgIpc) is 2.59. The monoisotopic (exact) mass is 319 g/mol. The number of hydrogen-bond acceptors (Lipinski definition) is 5. The first kappa shape index (κ1) is 16.2. The van der Waals surface area contributed by atoms with Gasteiger partial charge in [0, 0.05) is 6.20 Å². The number of nitrogens with one attached hydrogen (secondary N) is 1. The molecule has 1 saturated heterocycles. The Balaban J connectivity index is 1.50. The second-order valence-corrected chi connectivity index (χ2v) is 6.21. The third-order valence-electron chi connectivity index (χ3n) is 4.55. The molecular weight excluding hydrogens is 297 g/mol. The van der Waals surface area contributed by atoms with Gasteiger partial charge < -0.3 is 14.8 Å². The normalized spacial score (nSPS) is 25.7. The van der Waals surface area contributed by atoms with Crippen LogP contribution in [0.15, 0.2) is 12.4 Å². The van der Waals surface area contributed by atoms with Crippen molar-refractivity contribution < 1.29 is 13.9 Å². The third-order valence-corrected chi connectivity index (χ3v) is 4.55. The summed E-state index contributed by atoms with van der Waals surface area (Å²) in [5, 5.41) is 12.4. The molecule has 2 heterocycles. The zero-order valence-corrected chi connectivity index (χ0v) is 13.1. The highest BCUT2D eigenvalue weighted by Gasteiger charge is 2.27. The summed E-state index contributed by atoms with van der Waals surface area (Å²) in [6.07, 6.45) is 8.63. The molecule has 2 aliphatic rings. The molecule has 2 fully saturated rings. The molecule has 1 aromatic rings. The van der Waals surface area contributed by atoms with Crippen LogP contribution in [-0.4, -0.2) is 36.4 Å². The number of hydrogen-bond donors (Lipinski definition) is 1. The molecule has 1 saturated carbocycles. The Hall–Kier alpha value is -1.71. The lowest BCUT2D eigenvalue weighted by Gasteiger charge is -2.33. The van der Waals surface area contributed by atoms with Gasteiger partial charge in [0.25, 0.3) is 0 Å². The average molecular weight is 319 g/mol. The molecule has 5 nitrogen and oxygen atoms in total. The minimum Gasteiger partial charge on any atom is -0.486 e. The fraction of sp³-hybridized carbons (Fsp3) is 0.647. The van der Waals surface area contributed by atoms with E-state index in [1.807, 2.05) is 6.07 Å². The summed E-state index contributed by atoms with van der Waals surface area (Å²) in [7, 11) is 0. The van der Waals surface area contributed by atoms with Gasteiger partial charge in [0.15, 0.2) is 11.6 Å². The Morgan fingerprint density at radius 3 is 2.39 bits per heavy atom. The lowest BCUT2D eigenvalue weighted by Crippen LogP contribution is -2.37. The highest BCUT2D eigenvalue weighted by molar-refractivity contribution is 5.41. The molecule has 0 radical (unpaired) electrons. The van der Waals surface area contributed by atoms with Crippen molar-refractivity contribution in [1.29, 1.82) is 5.26 Å². The molecule has 1 aromatic heterocycles. The summed E-state index contributed by atoms with van der Waals surface area (Å²) in [5.41, 5.74) is 0.151. The van der Waals surface area contributed by atoms with Crippen LogP contribution in [0.5, 0.6) is 5.75 Å². The van der Waals surface area contributed by atoms with Gasteiger partial charge in [-0.05, 0) is 51.6 Å². The lowest BCUT2D eigenvalue weighted by molar-refractivity contribution is -0.0551. The zero-order valence-electron chi connectivity index (χ0n) is 13.1. The van der Waals surface area contributed by atoms with Crippen LogP contribution < -0.4 is 10.1 Å². The Morgan fingerprint density at radius 1 is 1.04 bits per heavy atom. The maximum atomic E-state index is 13.8. The first-order chi connectivity index (χ1) is 11.3. The van der Waals surface area contributed by atoms with E-state index in [0.717, 1.165) is 57.8 Å². The third kappa shape index (κ3) is 4.18. The topological polar surface area (TPSA) is 67.2 Å². The van der Waals surface area contributed by atoms with E-state index >= 15 is 0 Å². The van der Waals surface area contributed by atoms with E-state index < -0.39 is 5.82 Å². The Morgan fingerprint density at radius 2 is 1.70 bits per heavy atom. The highest BCUT2D eigenvalue weighted by atomic mass is 19.1. The van der Waals surface area contributed by atoms with Gasteiger partial charge in [-0.15, -0.1) is 0 Å². The van der Waals surface area contributed by atoms with Crippen molar-refractivity contribution in [3.8, 4) is 11.8 Å². The van der Waals surface area contributed by atoms with Gasteiger partial charge in [-0.3, -0.25) is 4.98 Å². The van der Waals surface area contributed by atoms with E-state index in [-0.39, 0.29) is 23.5 Å². The van der Waals surface area contributed by atoms with Crippen molar-refractivity contribution in [1.82, 2.24) is 10.3 Å². The minimum atomic E-state index is -0.572. The largest absolute Gasteiger partial charge is 0.486 e. The molecule has 0 atom stereocenters. The number of piperidine rings is 1. The lowest BCUT2D eigenvalue weighted by atomic mass is 9.94. The van der Waals surface area contributed by atoms with Crippen LogP contribution in [0, 0.1) is 17.1 Å². The minimum absolute atomic E-state index is 0.0326. The van der Waals surface area contributed by atoms with Crippen molar-refractivity contribution in [3.05, 3.63) is 23.8 Å². The van der Waals surface area contributed by atoms with E-state index in [1.165, 1.54) is 6.20 Å². The molecule has 0 aromatic carbocycles. The summed E-state index contributed by atoms with van der Waals surface area (Å²) < 4.78 is 25.7. The first-order valence-electron chi connectivity index (χ1n) is 8.32. The molecule has 23 heavy (non-hydrogen) atoms. The van der Waals surface area contributed by atoms with Gasteiger partial charge in [-0.2, -0.15) is 5.26 Å². The Bertz CT molecular complexity index is 561. The number of nitriles is 1. The molecule has 0 spiro atoms. The second kappa shape index (κ2) is 7.71. The number of halogens is 1. The van der Waals surface area contributed by atoms with Gasteiger partial charge in [0.2, 0.25) is 0 Å². The summed E-state index contributed by atoms with van der Waals surface area (Å²) in [6, 6.07) is 1.93. The molecular formula is C17H22FN3O2. The molecule has 0 amide bonds. The van der Waals surface area contributed by atoms with Crippen molar-refractivity contribution in [3.63, 3.8) is 0 Å². The van der Waals surface area contributed by atoms with Crippen LogP contribution in [0.25, 0.3) is 0 Å². The van der Waals surface area contributed by atoms with Crippen LogP contribution in [0.2, 0.25) is 0 Å². The number of nitrogens with zero attached hydrogens (tertiary/aromatic N) is 2. The molecule has 0 bridgehead atoms.